The standard InChI is InChI=1S/C19H20Cl2N4O6S2/c1-29-9-7-25(8-10-30-2)33(27,28)13-5-3-12(4-6-13)17(26)22-19-24-23-18(31-19)14-11-15(20)32-16(14)21/h3-6,11H,7-10H2,1-2H3,(H,22,24,26). The van der Waals surface area contributed by atoms with E-state index in [1.807, 2.05) is 0 Å². The van der Waals surface area contributed by atoms with Crippen LogP contribution in [0.4, 0.5) is 6.01 Å². The second kappa shape index (κ2) is 11.4. The minimum Gasteiger partial charge on any atom is -0.403 e. The molecule has 0 bridgehead atoms. The number of halogens is 2. The first-order valence-corrected chi connectivity index (χ1v) is 12.5. The van der Waals surface area contributed by atoms with E-state index in [4.69, 9.17) is 37.1 Å². The fourth-order valence-corrected chi connectivity index (χ4v) is 5.56. The molecular weight excluding hydrogens is 515 g/mol. The molecule has 2 aromatic heterocycles. The number of carbonyl (C=O) groups is 1. The zero-order chi connectivity index (χ0) is 24.0. The van der Waals surface area contributed by atoms with Gasteiger partial charge in [0.2, 0.25) is 10.0 Å². The summed E-state index contributed by atoms with van der Waals surface area (Å²) in [6.45, 7) is 0.809. The number of nitrogens with one attached hydrogen (secondary N) is 1. The van der Waals surface area contributed by atoms with Crippen LogP contribution in [0.1, 0.15) is 10.4 Å². The average Bonchev–Trinajstić information content (AvgIpc) is 3.38. The van der Waals surface area contributed by atoms with E-state index < -0.39 is 15.9 Å². The maximum Gasteiger partial charge on any atom is 0.322 e. The predicted octanol–water partition coefficient (Wildman–Crippen LogP) is 3.64. The van der Waals surface area contributed by atoms with Gasteiger partial charge in [-0.25, -0.2) is 8.42 Å². The number of anilines is 1. The molecule has 0 saturated heterocycles. The van der Waals surface area contributed by atoms with E-state index >= 15 is 0 Å². The fourth-order valence-electron chi connectivity index (χ4n) is 2.70. The minimum absolute atomic E-state index is 0.0373. The van der Waals surface area contributed by atoms with Crippen LogP contribution in [0, 0.1) is 0 Å². The monoisotopic (exact) mass is 534 g/mol. The van der Waals surface area contributed by atoms with Crippen LogP contribution in [0.15, 0.2) is 39.6 Å². The van der Waals surface area contributed by atoms with Crippen LogP contribution in [0.3, 0.4) is 0 Å². The van der Waals surface area contributed by atoms with Gasteiger partial charge in [0.05, 0.1) is 28.0 Å². The Bertz CT molecular complexity index is 1190. The number of ether oxygens (including phenoxy) is 2. The highest BCUT2D eigenvalue weighted by atomic mass is 35.5. The highest BCUT2D eigenvalue weighted by Gasteiger charge is 2.24. The summed E-state index contributed by atoms with van der Waals surface area (Å²) in [5, 5.41) is 10.1. The predicted molar refractivity (Wildman–Crippen MR) is 125 cm³/mol. The summed E-state index contributed by atoms with van der Waals surface area (Å²) in [6, 6.07) is 6.91. The Balaban J connectivity index is 1.71. The molecule has 0 fully saturated rings. The van der Waals surface area contributed by atoms with E-state index in [9.17, 15) is 13.2 Å². The van der Waals surface area contributed by atoms with Gasteiger partial charge in [0.1, 0.15) is 4.34 Å². The maximum atomic E-state index is 12.9. The zero-order valence-corrected chi connectivity index (χ0v) is 20.7. The molecule has 0 saturated carbocycles. The molecule has 2 heterocycles. The van der Waals surface area contributed by atoms with Crippen molar-refractivity contribution in [1.82, 2.24) is 14.5 Å². The van der Waals surface area contributed by atoms with Crippen molar-refractivity contribution in [3.63, 3.8) is 0 Å². The summed E-state index contributed by atoms with van der Waals surface area (Å²) in [4.78, 5) is 12.6. The van der Waals surface area contributed by atoms with Gasteiger partial charge < -0.3 is 13.9 Å². The van der Waals surface area contributed by atoms with Crippen LogP contribution in [0.25, 0.3) is 11.5 Å². The van der Waals surface area contributed by atoms with Crippen LogP contribution >= 0.6 is 34.5 Å². The van der Waals surface area contributed by atoms with E-state index in [0.29, 0.717) is 14.2 Å². The molecule has 0 radical (unpaired) electrons. The Kier molecular flexibility index (Phi) is 8.82. The smallest absolute Gasteiger partial charge is 0.322 e. The Morgan fingerprint density at radius 3 is 2.30 bits per heavy atom. The van der Waals surface area contributed by atoms with E-state index in [2.05, 4.69) is 15.5 Å². The normalized spacial score (nSPS) is 11.8. The third-order valence-corrected chi connectivity index (χ3v) is 7.78. The van der Waals surface area contributed by atoms with Gasteiger partial charge in [-0.15, -0.1) is 16.4 Å². The minimum atomic E-state index is -3.80. The van der Waals surface area contributed by atoms with E-state index in [-0.39, 0.29) is 48.7 Å². The number of amides is 1. The first-order chi connectivity index (χ1) is 15.8. The van der Waals surface area contributed by atoms with Crippen molar-refractivity contribution in [1.29, 1.82) is 0 Å². The number of thiophene rings is 1. The van der Waals surface area contributed by atoms with Crippen LogP contribution in [-0.4, -0.2) is 69.4 Å². The highest BCUT2D eigenvalue weighted by molar-refractivity contribution is 7.89. The topological polar surface area (TPSA) is 124 Å². The molecule has 178 valence electrons. The molecule has 1 amide bonds. The SMILES string of the molecule is COCCN(CCOC)S(=O)(=O)c1ccc(C(=O)Nc2nnc(-c3cc(Cl)sc3Cl)o2)cc1. The van der Waals surface area contributed by atoms with Crippen LogP contribution < -0.4 is 5.32 Å². The molecule has 3 rings (SSSR count). The van der Waals surface area contributed by atoms with E-state index in [1.165, 1.54) is 42.8 Å². The number of carbonyl (C=O) groups excluding carboxylic acids is 1. The maximum absolute atomic E-state index is 12.9. The molecule has 0 aliphatic rings. The van der Waals surface area contributed by atoms with E-state index in [1.54, 1.807) is 6.07 Å². The lowest BCUT2D eigenvalue weighted by molar-refractivity contribution is 0.102. The Labute approximate surface area is 204 Å². The zero-order valence-electron chi connectivity index (χ0n) is 17.6. The quantitative estimate of drug-likeness (QED) is 0.395. The largest absolute Gasteiger partial charge is 0.403 e. The molecule has 0 unspecified atom stereocenters. The summed E-state index contributed by atoms with van der Waals surface area (Å²) < 4.78 is 43.4. The molecule has 0 atom stereocenters. The van der Waals surface area contributed by atoms with Crippen LogP contribution in [0.2, 0.25) is 8.67 Å². The number of nitrogens with zero attached hydrogens (tertiary/aromatic N) is 3. The van der Waals surface area contributed by atoms with Gasteiger partial charge in [-0.1, -0.05) is 28.3 Å². The summed E-state index contributed by atoms with van der Waals surface area (Å²) in [6.07, 6.45) is 0. The summed E-state index contributed by atoms with van der Waals surface area (Å²) >= 11 is 13.1. The fraction of sp³-hybridized carbons (Fsp3) is 0.316. The van der Waals surface area contributed by atoms with Gasteiger partial charge in [-0.2, -0.15) is 4.31 Å². The van der Waals surface area contributed by atoms with Gasteiger partial charge in [0, 0.05) is 32.9 Å². The number of sulfonamides is 1. The van der Waals surface area contributed by atoms with Gasteiger partial charge >= 0.3 is 6.01 Å². The highest BCUT2D eigenvalue weighted by Crippen LogP contribution is 2.37. The molecule has 0 spiro atoms. The van der Waals surface area contributed by atoms with Crippen molar-refractivity contribution in [3.05, 3.63) is 44.6 Å². The third-order valence-electron chi connectivity index (χ3n) is 4.38. The number of aromatic nitrogens is 2. The van der Waals surface area contributed by atoms with Crippen molar-refractivity contribution < 1.29 is 27.1 Å². The molecule has 3 aromatic rings. The lowest BCUT2D eigenvalue weighted by Crippen LogP contribution is -2.36. The molecule has 10 nitrogen and oxygen atoms in total. The first-order valence-electron chi connectivity index (χ1n) is 9.44. The van der Waals surface area contributed by atoms with Gasteiger partial charge in [0.25, 0.3) is 11.8 Å². The molecule has 14 heteroatoms. The summed E-state index contributed by atoms with van der Waals surface area (Å²) in [5.41, 5.74) is 0.659. The summed E-state index contributed by atoms with van der Waals surface area (Å²) in [5.74, 6) is -0.452. The Morgan fingerprint density at radius 2 is 1.76 bits per heavy atom. The molecule has 0 aliphatic heterocycles. The molecule has 33 heavy (non-hydrogen) atoms. The Morgan fingerprint density at radius 1 is 1.12 bits per heavy atom. The van der Waals surface area contributed by atoms with Crippen molar-refractivity contribution in [2.24, 2.45) is 0 Å². The number of benzene rings is 1. The lowest BCUT2D eigenvalue weighted by Gasteiger charge is -2.21. The van der Waals surface area contributed by atoms with Gasteiger partial charge in [0.15, 0.2) is 0 Å². The molecule has 1 aromatic carbocycles. The van der Waals surface area contributed by atoms with E-state index in [0.717, 1.165) is 11.3 Å². The Hall–Kier alpha value is -2.06. The van der Waals surface area contributed by atoms with Gasteiger partial charge in [-0.3, -0.25) is 10.1 Å². The molecule has 0 aliphatic carbocycles. The van der Waals surface area contributed by atoms with Crippen molar-refractivity contribution >= 4 is 56.5 Å². The van der Waals surface area contributed by atoms with Gasteiger partial charge in [-0.05, 0) is 30.3 Å². The summed E-state index contributed by atoms with van der Waals surface area (Å²) in [7, 11) is -0.816. The first kappa shape index (κ1) is 25.6. The second-order valence-corrected chi connectivity index (χ2v) is 10.7. The molecule has 1 N–H and O–H groups in total. The molecular formula is C19H20Cl2N4O6S2. The number of methoxy groups -OCH3 is 2. The van der Waals surface area contributed by atoms with Crippen molar-refractivity contribution in [2.45, 2.75) is 4.90 Å². The third kappa shape index (κ3) is 6.29. The number of hydrogen-bond donors (Lipinski definition) is 1. The van der Waals surface area contributed by atoms with Crippen LogP contribution in [-0.2, 0) is 19.5 Å². The average molecular weight is 535 g/mol. The van der Waals surface area contributed by atoms with Crippen molar-refractivity contribution in [3.8, 4) is 11.5 Å². The number of hydrogen-bond acceptors (Lipinski definition) is 9. The van der Waals surface area contributed by atoms with Crippen molar-refractivity contribution in [2.75, 3.05) is 45.8 Å². The number of rotatable bonds is 11. The van der Waals surface area contributed by atoms with Crippen LogP contribution in [0.5, 0.6) is 0 Å². The lowest BCUT2D eigenvalue weighted by atomic mass is 10.2. The second-order valence-electron chi connectivity index (χ2n) is 6.52.